The van der Waals surface area contributed by atoms with Crippen LogP contribution in [0, 0.1) is 0 Å². The number of amides is 1. The van der Waals surface area contributed by atoms with E-state index in [9.17, 15) is 14.7 Å². The number of halogens is 1. The lowest BCUT2D eigenvalue weighted by molar-refractivity contribution is -0.135. The molecule has 0 radical (unpaired) electrons. The third-order valence-corrected chi connectivity index (χ3v) is 3.10. The van der Waals surface area contributed by atoms with Crippen molar-refractivity contribution >= 4 is 29.2 Å². The molecule has 0 heterocycles. The number of aliphatic carboxylic acids is 1. The van der Waals surface area contributed by atoms with E-state index in [0.717, 1.165) is 4.90 Å². The molecule has 0 spiro atoms. The lowest BCUT2D eigenvalue weighted by atomic mass is 10.1. The quantitative estimate of drug-likeness (QED) is 0.910. The normalized spacial score (nSPS) is 10.1. The van der Waals surface area contributed by atoms with Crippen LogP contribution < -0.4 is 4.90 Å². The molecule has 0 unspecified atom stereocenters. The van der Waals surface area contributed by atoms with Gasteiger partial charge in [0.25, 0.3) is 5.91 Å². The number of hydrogen-bond acceptors (Lipinski definition) is 3. The number of para-hydroxylation sites is 1. The first-order valence-corrected chi connectivity index (χ1v) is 6.44. The van der Waals surface area contributed by atoms with Crippen LogP contribution in [0.15, 0.2) is 48.5 Å². The highest BCUT2D eigenvalue weighted by Crippen LogP contribution is 2.25. The number of carboxylic acid groups (broad SMARTS) is 1. The highest BCUT2D eigenvalue weighted by molar-refractivity contribution is 6.32. The first kappa shape index (κ1) is 14.9. The molecule has 1 amide bonds. The topological polar surface area (TPSA) is 77.8 Å². The zero-order chi connectivity index (χ0) is 15.4. The molecule has 2 aromatic carbocycles. The standard InChI is InChI=1S/C15H12ClNO4/c16-12-8-10(6-7-13(12)18)15(21)17(9-14(19)20)11-4-2-1-3-5-11/h1-8,18H,9H2,(H,19,20). The summed E-state index contributed by atoms with van der Waals surface area (Å²) in [6.07, 6.45) is 0. The Kier molecular flexibility index (Phi) is 4.45. The lowest BCUT2D eigenvalue weighted by Gasteiger charge is -2.21. The van der Waals surface area contributed by atoms with E-state index in [1.807, 2.05) is 0 Å². The predicted molar refractivity (Wildman–Crippen MR) is 78.9 cm³/mol. The summed E-state index contributed by atoms with van der Waals surface area (Å²) in [4.78, 5) is 24.6. The molecule has 0 atom stereocenters. The first-order valence-electron chi connectivity index (χ1n) is 6.06. The second kappa shape index (κ2) is 6.28. The van der Waals surface area contributed by atoms with Gasteiger partial charge in [-0.3, -0.25) is 14.5 Å². The summed E-state index contributed by atoms with van der Waals surface area (Å²) in [6.45, 7) is -0.471. The molecule has 108 valence electrons. The fraction of sp³-hybridized carbons (Fsp3) is 0.0667. The van der Waals surface area contributed by atoms with Crippen molar-refractivity contribution in [3.63, 3.8) is 0 Å². The average Bonchev–Trinajstić information content (AvgIpc) is 2.47. The van der Waals surface area contributed by atoms with Gasteiger partial charge in [0, 0.05) is 11.3 Å². The zero-order valence-corrected chi connectivity index (χ0v) is 11.6. The Hall–Kier alpha value is -2.53. The number of benzene rings is 2. The second-order valence-corrected chi connectivity index (χ2v) is 4.69. The van der Waals surface area contributed by atoms with Crippen molar-refractivity contribution in [1.29, 1.82) is 0 Å². The Labute approximate surface area is 126 Å². The number of carbonyl (C=O) groups is 2. The lowest BCUT2D eigenvalue weighted by Crippen LogP contribution is -2.35. The predicted octanol–water partition coefficient (Wildman–Crippen LogP) is 2.78. The van der Waals surface area contributed by atoms with Crippen LogP contribution in [0.5, 0.6) is 5.75 Å². The number of rotatable bonds is 4. The third kappa shape index (κ3) is 3.52. The Balaban J connectivity index is 2.38. The van der Waals surface area contributed by atoms with Gasteiger partial charge < -0.3 is 10.2 Å². The van der Waals surface area contributed by atoms with Crippen molar-refractivity contribution < 1.29 is 19.8 Å². The molecule has 0 fully saturated rings. The van der Waals surface area contributed by atoms with Gasteiger partial charge in [-0.15, -0.1) is 0 Å². The second-order valence-electron chi connectivity index (χ2n) is 4.29. The molecule has 6 heteroatoms. The van der Waals surface area contributed by atoms with Crippen LogP contribution in [-0.2, 0) is 4.79 Å². The molecule has 0 aromatic heterocycles. The fourth-order valence-electron chi connectivity index (χ4n) is 1.82. The molecular weight excluding hydrogens is 294 g/mol. The number of carboxylic acids is 1. The molecule has 5 nitrogen and oxygen atoms in total. The first-order chi connectivity index (χ1) is 9.99. The van der Waals surface area contributed by atoms with E-state index < -0.39 is 18.4 Å². The van der Waals surface area contributed by atoms with E-state index in [2.05, 4.69) is 0 Å². The van der Waals surface area contributed by atoms with Gasteiger partial charge in [-0.25, -0.2) is 0 Å². The summed E-state index contributed by atoms with van der Waals surface area (Å²) >= 11 is 5.78. The maximum Gasteiger partial charge on any atom is 0.323 e. The Morgan fingerprint density at radius 1 is 1.10 bits per heavy atom. The number of phenolic OH excluding ortho intramolecular Hbond substituents is 1. The smallest absolute Gasteiger partial charge is 0.323 e. The van der Waals surface area contributed by atoms with Crippen molar-refractivity contribution in [2.75, 3.05) is 11.4 Å². The van der Waals surface area contributed by atoms with Crippen molar-refractivity contribution in [2.45, 2.75) is 0 Å². The van der Waals surface area contributed by atoms with Crippen molar-refractivity contribution in [1.82, 2.24) is 0 Å². The third-order valence-electron chi connectivity index (χ3n) is 2.80. The van der Waals surface area contributed by atoms with Crippen molar-refractivity contribution in [3.8, 4) is 5.75 Å². The van der Waals surface area contributed by atoms with Gasteiger partial charge in [-0.05, 0) is 30.3 Å². The molecule has 0 saturated carbocycles. The summed E-state index contributed by atoms with van der Waals surface area (Å²) in [5.74, 6) is -1.78. The molecule has 0 saturated heterocycles. The van der Waals surface area contributed by atoms with Gasteiger partial charge in [0.1, 0.15) is 12.3 Å². The van der Waals surface area contributed by atoms with E-state index in [-0.39, 0.29) is 16.3 Å². The van der Waals surface area contributed by atoms with E-state index in [0.29, 0.717) is 5.69 Å². The van der Waals surface area contributed by atoms with Gasteiger partial charge in [-0.1, -0.05) is 29.8 Å². The van der Waals surface area contributed by atoms with Gasteiger partial charge in [0.15, 0.2) is 0 Å². The minimum atomic E-state index is -1.13. The Morgan fingerprint density at radius 3 is 2.33 bits per heavy atom. The van der Waals surface area contributed by atoms with Crippen LogP contribution in [0.4, 0.5) is 5.69 Å². The largest absolute Gasteiger partial charge is 0.506 e. The van der Waals surface area contributed by atoms with Crippen LogP contribution in [0.2, 0.25) is 5.02 Å². The number of aromatic hydroxyl groups is 1. The number of hydrogen-bond donors (Lipinski definition) is 2. The summed E-state index contributed by atoms with van der Waals surface area (Å²) < 4.78 is 0. The average molecular weight is 306 g/mol. The van der Waals surface area contributed by atoms with Crippen LogP contribution in [0.1, 0.15) is 10.4 Å². The molecule has 21 heavy (non-hydrogen) atoms. The molecule has 0 aliphatic heterocycles. The molecular formula is C15H12ClNO4. The van der Waals surface area contributed by atoms with Gasteiger partial charge in [0.2, 0.25) is 0 Å². The van der Waals surface area contributed by atoms with E-state index in [4.69, 9.17) is 16.7 Å². The number of anilines is 1. The van der Waals surface area contributed by atoms with E-state index >= 15 is 0 Å². The van der Waals surface area contributed by atoms with Crippen LogP contribution >= 0.6 is 11.6 Å². The Bertz CT molecular complexity index is 673. The van der Waals surface area contributed by atoms with Gasteiger partial charge >= 0.3 is 5.97 Å². The number of carbonyl (C=O) groups excluding carboxylic acids is 1. The van der Waals surface area contributed by atoms with Gasteiger partial charge in [0.05, 0.1) is 5.02 Å². The van der Waals surface area contributed by atoms with E-state index in [1.54, 1.807) is 30.3 Å². The molecule has 2 rings (SSSR count). The molecule has 0 aliphatic carbocycles. The van der Waals surface area contributed by atoms with Gasteiger partial charge in [-0.2, -0.15) is 0 Å². The zero-order valence-electron chi connectivity index (χ0n) is 10.9. The minimum absolute atomic E-state index is 0.0317. The minimum Gasteiger partial charge on any atom is -0.506 e. The fourth-order valence-corrected chi connectivity index (χ4v) is 2.00. The highest BCUT2D eigenvalue weighted by atomic mass is 35.5. The van der Waals surface area contributed by atoms with Crippen molar-refractivity contribution in [3.05, 3.63) is 59.1 Å². The van der Waals surface area contributed by atoms with Crippen molar-refractivity contribution in [2.24, 2.45) is 0 Å². The summed E-state index contributed by atoms with van der Waals surface area (Å²) in [6, 6.07) is 12.5. The number of phenols is 1. The monoisotopic (exact) mass is 305 g/mol. The van der Waals surface area contributed by atoms with Crippen LogP contribution in [0.3, 0.4) is 0 Å². The highest BCUT2D eigenvalue weighted by Gasteiger charge is 2.21. The maximum atomic E-state index is 12.5. The molecule has 2 N–H and O–H groups in total. The van der Waals surface area contributed by atoms with Crippen LogP contribution in [0.25, 0.3) is 0 Å². The summed E-state index contributed by atoms with van der Waals surface area (Å²) in [5.41, 5.74) is 0.664. The van der Waals surface area contributed by atoms with Crippen LogP contribution in [-0.4, -0.2) is 28.6 Å². The summed E-state index contributed by atoms with van der Waals surface area (Å²) in [5, 5.41) is 18.4. The maximum absolute atomic E-state index is 12.5. The Morgan fingerprint density at radius 2 is 1.76 bits per heavy atom. The molecule has 0 aliphatic rings. The number of nitrogens with zero attached hydrogens (tertiary/aromatic N) is 1. The SMILES string of the molecule is O=C(O)CN(C(=O)c1ccc(O)c(Cl)c1)c1ccccc1. The summed E-state index contributed by atoms with van der Waals surface area (Å²) in [7, 11) is 0. The molecule has 0 bridgehead atoms. The van der Waals surface area contributed by atoms with E-state index in [1.165, 1.54) is 18.2 Å². The molecule has 2 aromatic rings.